The van der Waals surface area contributed by atoms with E-state index >= 15 is 0 Å². The second-order valence-electron chi connectivity index (χ2n) is 9.33. The number of hydrogen-bond donors (Lipinski definition) is 4. The number of benzene rings is 1. The maximum Gasteiger partial charge on any atom is 0.408 e. The first-order valence-electron chi connectivity index (χ1n) is 10.8. The highest BCUT2D eigenvalue weighted by Gasteiger charge is 2.39. The molecule has 0 aliphatic heterocycles. The molecule has 184 valence electrons. The number of carbonyl (C=O) groups is 4. The SMILES string of the molecule is CC(C)NC(=O)C(c1ccccc1O)N(C(=O)C(CC(N)=O)NC(=O)OC(C)(C)C)C(C)C. The van der Waals surface area contributed by atoms with Crippen LogP contribution >= 0.6 is 0 Å². The molecule has 0 heterocycles. The highest BCUT2D eigenvalue weighted by Crippen LogP contribution is 2.31. The number of ether oxygens (including phenoxy) is 1. The molecule has 2 atom stereocenters. The average molecular weight is 465 g/mol. The third kappa shape index (κ3) is 8.63. The number of primary amides is 1. The molecular weight excluding hydrogens is 428 g/mol. The summed E-state index contributed by atoms with van der Waals surface area (Å²) >= 11 is 0. The van der Waals surface area contributed by atoms with Crippen LogP contribution in [0.25, 0.3) is 0 Å². The van der Waals surface area contributed by atoms with Crippen molar-refractivity contribution in [3.63, 3.8) is 0 Å². The first kappa shape index (κ1) is 27.7. The van der Waals surface area contributed by atoms with E-state index in [4.69, 9.17) is 10.5 Å². The van der Waals surface area contributed by atoms with Crippen molar-refractivity contribution >= 4 is 23.8 Å². The van der Waals surface area contributed by atoms with Crippen LogP contribution in [0, 0.1) is 0 Å². The summed E-state index contributed by atoms with van der Waals surface area (Å²) in [6, 6.07) is 2.79. The van der Waals surface area contributed by atoms with Crippen molar-refractivity contribution in [3.05, 3.63) is 29.8 Å². The lowest BCUT2D eigenvalue weighted by atomic mass is 9.99. The van der Waals surface area contributed by atoms with Crippen molar-refractivity contribution in [3.8, 4) is 5.75 Å². The van der Waals surface area contributed by atoms with Crippen LogP contribution in [0.4, 0.5) is 4.79 Å². The van der Waals surface area contributed by atoms with Gasteiger partial charge in [-0.05, 0) is 54.5 Å². The summed E-state index contributed by atoms with van der Waals surface area (Å²) in [7, 11) is 0. The van der Waals surface area contributed by atoms with Gasteiger partial charge in [0.2, 0.25) is 17.7 Å². The van der Waals surface area contributed by atoms with Gasteiger partial charge < -0.3 is 31.1 Å². The molecule has 10 nitrogen and oxygen atoms in total. The molecular formula is C23H36N4O6. The average Bonchev–Trinajstić information content (AvgIpc) is 2.63. The standard InChI is InChI=1S/C23H36N4O6/c1-13(2)25-20(30)19(15-10-8-9-11-17(15)28)27(14(3)4)21(31)16(12-18(24)29)26-22(32)33-23(5,6)7/h8-11,13-14,16,19,28H,12H2,1-7H3,(H2,24,29)(H,25,30)(H,26,32). The number of carbonyl (C=O) groups excluding carboxylic acids is 4. The van der Waals surface area contributed by atoms with Crippen LogP contribution in [0.1, 0.15) is 66.5 Å². The maximum absolute atomic E-state index is 13.6. The van der Waals surface area contributed by atoms with Gasteiger partial charge in [-0.2, -0.15) is 0 Å². The fraction of sp³-hybridized carbons (Fsp3) is 0.565. The Morgan fingerprint density at radius 3 is 2.09 bits per heavy atom. The number of hydrogen-bond acceptors (Lipinski definition) is 6. The van der Waals surface area contributed by atoms with Gasteiger partial charge in [0.25, 0.3) is 0 Å². The minimum atomic E-state index is -1.38. The zero-order chi connectivity index (χ0) is 25.5. The molecule has 0 saturated heterocycles. The lowest BCUT2D eigenvalue weighted by molar-refractivity contribution is -0.145. The molecule has 0 radical (unpaired) electrons. The van der Waals surface area contributed by atoms with Gasteiger partial charge in [-0.25, -0.2) is 4.79 Å². The molecule has 0 fully saturated rings. The number of phenols is 1. The summed E-state index contributed by atoms with van der Waals surface area (Å²) in [5.74, 6) is -2.24. The van der Waals surface area contributed by atoms with E-state index in [1.54, 1.807) is 60.6 Å². The summed E-state index contributed by atoms with van der Waals surface area (Å²) in [6.07, 6.45) is -1.41. The zero-order valence-electron chi connectivity index (χ0n) is 20.3. The summed E-state index contributed by atoms with van der Waals surface area (Å²) in [6.45, 7) is 11.9. The highest BCUT2D eigenvalue weighted by atomic mass is 16.6. The topological polar surface area (TPSA) is 151 Å². The van der Waals surface area contributed by atoms with Crippen LogP contribution in [0.15, 0.2) is 24.3 Å². The maximum atomic E-state index is 13.6. The number of aromatic hydroxyl groups is 1. The van der Waals surface area contributed by atoms with Crippen LogP contribution in [0.2, 0.25) is 0 Å². The van der Waals surface area contributed by atoms with E-state index < -0.39 is 54.0 Å². The van der Waals surface area contributed by atoms with Gasteiger partial charge >= 0.3 is 6.09 Å². The van der Waals surface area contributed by atoms with Gasteiger partial charge in [-0.3, -0.25) is 14.4 Å². The molecule has 0 bridgehead atoms. The molecule has 1 rings (SSSR count). The molecule has 2 unspecified atom stereocenters. The number of nitrogens with zero attached hydrogens (tertiary/aromatic N) is 1. The summed E-state index contributed by atoms with van der Waals surface area (Å²) in [5, 5.41) is 15.6. The monoisotopic (exact) mass is 464 g/mol. The van der Waals surface area contributed by atoms with Gasteiger partial charge in [-0.1, -0.05) is 18.2 Å². The normalized spacial score (nSPS) is 13.2. The van der Waals surface area contributed by atoms with Crippen LogP contribution in [-0.4, -0.2) is 57.5 Å². The van der Waals surface area contributed by atoms with Crippen molar-refractivity contribution in [1.29, 1.82) is 0 Å². The van der Waals surface area contributed by atoms with Crippen molar-refractivity contribution in [2.45, 2.75) is 84.7 Å². The molecule has 33 heavy (non-hydrogen) atoms. The summed E-state index contributed by atoms with van der Waals surface area (Å²) in [5.41, 5.74) is 4.69. The number of para-hydroxylation sites is 1. The Bertz CT molecular complexity index is 863. The van der Waals surface area contributed by atoms with E-state index in [0.717, 1.165) is 0 Å². The molecule has 0 aliphatic rings. The number of phenolic OH excluding ortho intramolecular Hbond substituents is 1. The predicted octanol–water partition coefficient (Wildman–Crippen LogP) is 1.96. The van der Waals surface area contributed by atoms with Gasteiger partial charge in [0.1, 0.15) is 23.4 Å². The first-order valence-corrected chi connectivity index (χ1v) is 10.8. The Balaban J connectivity index is 3.47. The Kier molecular flexibility index (Phi) is 9.69. The van der Waals surface area contributed by atoms with E-state index in [1.165, 1.54) is 17.0 Å². The van der Waals surface area contributed by atoms with E-state index in [9.17, 15) is 24.3 Å². The molecule has 1 aromatic carbocycles. The Morgan fingerprint density at radius 1 is 1.06 bits per heavy atom. The zero-order valence-corrected chi connectivity index (χ0v) is 20.3. The first-order chi connectivity index (χ1) is 15.1. The Morgan fingerprint density at radius 2 is 1.64 bits per heavy atom. The lowest BCUT2D eigenvalue weighted by Gasteiger charge is -2.37. The predicted molar refractivity (Wildman–Crippen MR) is 123 cm³/mol. The van der Waals surface area contributed by atoms with Crippen LogP contribution < -0.4 is 16.4 Å². The molecule has 1 aromatic rings. The number of nitrogens with one attached hydrogen (secondary N) is 2. The number of alkyl carbamates (subject to hydrolysis) is 1. The van der Waals surface area contributed by atoms with Crippen molar-refractivity contribution in [2.75, 3.05) is 0 Å². The second-order valence-corrected chi connectivity index (χ2v) is 9.33. The number of rotatable bonds is 9. The van der Waals surface area contributed by atoms with Crippen molar-refractivity contribution in [1.82, 2.24) is 15.5 Å². The van der Waals surface area contributed by atoms with Gasteiger partial charge in [0.15, 0.2) is 0 Å². The summed E-state index contributed by atoms with van der Waals surface area (Å²) < 4.78 is 5.21. The van der Waals surface area contributed by atoms with Crippen LogP contribution in [-0.2, 0) is 19.1 Å². The highest BCUT2D eigenvalue weighted by molar-refractivity contribution is 5.95. The third-order valence-corrected chi connectivity index (χ3v) is 4.39. The fourth-order valence-electron chi connectivity index (χ4n) is 3.21. The fourth-order valence-corrected chi connectivity index (χ4v) is 3.21. The molecule has 5 N–H and O–H groups in total. The minimum absolute atomic E-state index is 0.175. The third-order valence-electron chi connectivity index (χ3n) is 4.39. The number of nitrogens with two attached hydrogens (primary N) is 1. The molecule has 0 saturated carbocycles. The Hall–Kier alpha value is -3.30. The quantitative estimate of drug-likeness (QED) is 0.439. The second kappa shape index (κ2) is 11.5. The molecule has 0 aliphatic carbocycles. The summed E-state index contributed by atoms with van der Waals surface area (Å²) in [4.78, 5) is 52.1. The lowest BCUT2D eigenvalue weighted by Crippen LogP contribution is -2.56. The van der Waals surface area contributed by atoms with Crippen LogP contribution in [0.5, 0.6) is 5.75 Å². The molecule has 10 heteroatoms. The minimum Gasteiger partial charge on any atom is -0.508 e. The molecule has 0 aromatic heterocycles. The largest absolute Gasteiger partial charge is 0.508 e. The van der Waals surface area contributed by atoms with E-state index in [2.05, 4.69) is 10.6 Å². The van der Waals surface area contributed by atoms with Crippen molar-refractivity contribution in [2.24, 2.45) is 5.73 Å². The number of amides is 4. The van der Waals surface area contributed by atoms with Gasteiger partial charge in [0, 0.05) is 17.6 Å². The Labute approximate surface area is 194 Å². The van der Waals surface area contributed by atoms with E-state index in [1.807, 2.05) is 0 Å². The van der Waals surface area contributed by atoms with E-state index in [0.29, 0.717) is 0 Å². The van der Waals surface area contributed by atoms with Gasteiger partial charge in [-0.15, -0.1) is 0 Å². The van der Waals surface area contributed by atoms with Gasteiger partial charge in [0.05, 0.1) is 6.42 Å². The molecule has 0 spiro atoms. The van der Waals surface area contributed by atoms with E-state index in [-0.39, 0.29) is 17.4 Å². The smallest absolute Gasteiger partial charge is 0.408 e. The molecule has 4 amide bonds. The van der Waals surface area contributed by atoms with Crippen LogP contribution in [0.3, 0.4) is 0 Å². The van der Waals surface area contributed by atoms with Crippen molar-refractivity contribution < 1.29 is 29.0 Å².